The van der Waals surface area contributed by atoms with Crippen LogP contribution in [0.3, 0.4) is 0 Å². The van der Waals surface area contributed by atoms with Crippen molar-refractivity contribution in [2.45, 2.75) is 27.7 Å². The van der Waals surface area contributed by atoms with Crippen LogP contribution >= 0.6 is 0 Å². The molecule has 0 saturated carbocycles. The quantitative estimate of drug-likeness (QED) is 0.165. The van der Waals surface area contributed by atoms with E-state index in [9.17, 15) is 0 Å². The summed E-state index contributed by atoms with van der Waals surface area (Å²) in [7, 11) is 2.08. The van der Waals surface area contributed by atoms with Crippen LogP contribution in [0.25, 0.3) is 22.3 Å². The first-order valence-electron chi connectivity index (χ1n) is 15.0. The summed E-state index contributed by atoms with van der Waals surface area (Å²) in [5, 5.41) is 0. The largest absolute Gasteiger partial charge is 0.351 e. The molecule has 2 nitrogen and oxygen atoms in total. The van der Waals surface area contributed by atoms with Gasteiger partial charge >= 0.3 is 0 Å². The van der Waals surface area contributed by atoms with E-state index in [4.69, 9.17) is 0 Å². The molecule has 0 unspecified atom stereocenters. The molecule has 2 heteroatoms. The van der Waals surface area contributed by atoms with E-state index in [0.29, 0.717) is 0 Å². The van der Waals surface area contributed by atoms with Gasteiger partial charge in [0, 0.05) is 36.0 Å². The zero-order chi connectivity index (χ0) is 30.4. The third kappa shape index (κ3) is 8.24. The number of benzene rings is 5. The van der Waals surface area contributed by atoms with Crippen molar-refractivity contribution in [2.75, 3.05) is 16.8 Å². The second kappa shape index (κ2) is 15.8. The lowest BCUT2D eigenvalue weighted by Crippen LogP contribution is -2.09. The van der Waals surface area contributed by atoms with Crippen LogP contribution in [0.5, 0.6) is 0 Å². The fourth-order valence-corrected chi connectivity index (χ4v) is 4.79. The molecule has 43 heavy (non-hydrogen) atoms. The molecule has 0 atom stereocenters. The highest BCUT2D eigenvalue weighted by molar-refractivity contribution is 5.81. The maximum Gasteiger partial charge on any atom is 0.0467 e. The van der Waals surface area contributed by atoms with E-state index < -0.39 is 0 Å². The van der Waals surface area contributed by atoms with Gasteiger partial charge in [-0.2, -0.15) is 0 Å². The Labute approximate surface area is 258 Å². The Morgan fingerprint density at radius 1 is 0.535 bits per heavy atom. The van der Waals surface area contributed by atoms with Crippen LogP contribution in [0, 0.1) is 0 Å². The van der Waals surface area contributed by atoms with E-state index in [1.165, 1.54) is 27.8 Å². The Morgan fingerprint density at radius 2 is 1.02 bits per heavy atom. The molecule has 5 aromatic carbocycles. The van der Waals surface area contributed by atoms with E-state index in [2.05, 4.69) is 182 Å². The minimum atomic E-state index is 1.12. The minimum absolute atomic E-state index is 1.12. The van der Waals surface area contributed by atoms with Gasteiger partial charge in [0.25, 0.3) is 0 Å². The number of nitrogens with zero attached hydrogens (tertiary/aromatic N) is 2. The summed E-state index contributed by atoms with van der Waals surface area (Å²) < 4.78 is 0. The number of hydrogen-bond acceptors (Lipinski definition) is 2. The predicted molar refractivity (Wildman–Crippen MR) is 189 cm³/mol. The zero-order valence-corrected chi connectivity index (χ0v) is 26.0. The second-order valence-electron chi connectivity index (χ2n) is 10.0. The van der Waals surface area contributed by atoms with Crippen LogP contribution in [0.2, 0.25) is 0 Å². The van der Waals surface area contributed by atoms with Gasteiger partial charge in [-0.15, -0.1) is 0 Å². The lowest BCUT2D eigenvalue weighted by atomic mass is 10.0. The van der Waals surface area contributed by atoms with Crippen molar-refractivity contribution in [1.29, 1.82) is 0 Å². The Balaban J connectivity index is 0.00000207. The standard InChI is InChI=1S/C39H36N2.C2H6/c1-4-5-13-31(2)28-29-40(3)36-24-20-33(21-25-36)34-22-26-38(27-23-34)41(37-17-10-7-11-18-37)39-19-12-16-35(30-39)32-14-8-6-9-15-32;1-2/h4-30H,1-3H3;1-2H3/b5-4-,29-28+,31-13-;. The highest BCUT2D eigenvalue weighted by Gasteiger charge is 2.13. The van der Waals surface area contributed by atoms with Crippen LogP contribution in [-0.2, 0) is 0 Å². The molecule has 5 rings (SSSR count). The normalized spacial score (nSPS) is 11.3. The van der Waals surface area contributed by atoms with Crippen molar-refractivity contribution in [3.63, 3.8) is 0 Å². The molecule has 216 valence electrons. The van der Waals surface area contributed by atoms with E-state index in [1.54, 1.807) is 0 Å². The van der Waals surface area contributed by atoms with Crippen LogP contribution in [0.1, 0.15) is 27.7 Å². The molecule has 0 saturated heterocycles. The molecular formula is C41H42N2. The molecular weight excluding hydrogens is 520 g/mol. The smallest absolute Gasteiger partial charge is 0.0467 e. The average Bonchev–Trinajstić information content (AvgIpc) is 3.09. The van der Waals surface area contributed by atoms with Gasteiger partial charge in [0.1, 0.15) is 0 Å². The van der Waals surface area contributed by atoms with Crippen molar-refractivity contribution in [2.24, 2.45) is 0 Å². The summed E-state index contributed by atoms with van der Waals surface area (Å²) in [5.74, 6) is 0. The minimum Gasteiger partial charge on any atom is -0.351 e. The molecule has 0 amide bonds. The number of anilines is 4. The van der Waals surface area contributed by atoms with Crippen LogP contribution in [0.15, 0.2) is 170 Å². The molecule has 0 fully saturated rings. The van der Waals surface area contributed by atoms with Crippen LogP contribution < -0.4 is 9.80 Å². The van der Waals surface area contributed by atoms with Crippen molar-refractivity contribution < 1.29 is 0 Å². The maximum atomic E-state index is 2.31. The zero-order valence-electron chi connectivity index (χ0n) is 26.0. The van der Waals surface area contributed by atoms with Crippen molar-refractivity contribution in [3.8, 4) is 22.3 Å². The second-order valence-corrected chi connectivity index (χ2v) is 10.0. The van der Waals surface area contributed by atoms with Gasteiger partial charge in [-0.3, -0.25) is 0 Å². The summed E-state index contributed by atoms with van der Waals surface area (Å²) in [6.45, 7) is 8.13. The highest BCUT2D eigenvalue weighted by atomic mass is 15.1. The first kappa shape index (κ1) is 30.9. The highest BCUT2D eigenvalue weighted by Crippen LogP contribution is 2.37. The van der Waals surface area contributed by atoms with Gasteiger partial charge in [0.2, 0.25) is 0 Å². The SMILES string of the molecule is CC.C\C=C/C=C(C)\C=C\N(C)c1ccc(-c2ccc(N(c3ccccc3)c3cccc(-c4ccccc4)c3)cc2)cc1. The number of para-hydroxylation sites is 1. The van der Waals surface area contributed by atoms with Crippen molar-refractivity contribution in [1.82, 2.24) is 0 Å². The van der Waals surface area contributed by atoms with E-state index in [1.807, 2.05) is 26.8 Å². The number of allylic oxidation sites excluding steroid dienone is 5. The Hall–Kier alpha value is -5.08. The molecule has 0 heterocycles. The summed E-state index contributed by atoms with van der Waals surface area (Å²) in [5.41, 5.74) is 10.5. The Morgan fingerprint density at radius 3 is 1.63 bits per heavy atom. The summed E-state index contributed by atoms with van der Waals surface area (Å²) in [4.78, 5) is 4.45. The lowest BCUT2D eigenvalue weighted by Gasteiger charge is -2.26. The fraction of sp³-hybridized carbons (Fsp3) is 0.122. The fourth-order valence-electron chi connectivity index (χ4n) is 4.79. The molecule has 0 aliphatic carbocycles. The molecule has 0 spiro atoms. The van der Waals surface area contributed by atoms with Crippen LogP contribution in [0.4, 0.5) is 22.7 Å². The topological polar surface area (TPSA) is 6.48 Å². The molecule has 5 aromatic rings. The van der Waals surface area contributed by atoms with E-state index in [0.717, 1.165) is 22.7 Å². The third-order valence-corrected chi connectivity index (χ3v) is 7.07. The Kier molecular flexibility index (Phi) is 11.3. The van der Waals surface area contributed by atoms with Gasteiger partial charge < -0.3 is 9.80 Å². The van der Waals surface area contributed by atoms with Crippen molar-refractivity contribution in [3.05, 3.63) is 170 Å². The first-order valence-corrected chi connectivity index (χ1v) is 15.0. The molecule has 0 aromatic heterocycles. The summed E-state index contributed by atoms with van der Waals surface area (Å²) in [6, 6.07) is 47.4. The van der Waals surface area contributed by atoms with Gasteiger partial charge in [0.05, 0.1) is 0 Å². The van der Waals surface area contributed by atoms with Gasteiger partial charge in [0.15, 0.2) is 0 Å². The summed E-state index contributed by atoms with van der Waals surface area (Å²) in [6.07, 6.45) is 10.4. The molecule has 0 aliphatic heterocycles. The first-order chi connectivity index (χ1) is 21.1. The monoisotopic (exact) mass is 562 g/mol. The summed E-state index contributed by atoms with van der Waals surface area (Å²) >= 11 is 0. The average molecular weight is 563 g/mol. The Bertz CT molecular complexity index is 1630. The van der Waals surface area contributed by atoms with Gasteiger partial charge in [-0.1, -0.05) is 117 Å². The third-order valence-electron chi connectivity index (χ3n) is 7.07. The van der Waals surface area contributed by atoms with Crippen molar-refractivity contribution >= 4 is 22.7 Å². The predicted octanol–water partition coefficient (Wildman–Crippen LogP) is 12.0. The van der Waals surface area contributed by atoms with Crippen LogP contribution in [-0.4, -0.2) is 7.05 Å². The maximum absolute atomic E-state index is 2.31. The molecule has 0 bridgehead atoms. The van der Waals surface area contributed by atoms with E-state index in [-0.39, 0.29) is 0 Å². The number of rotatable bonds is 9. The molecule has 0 aliphatic rings. The number of hydrogen-bond donors (Lipinski definition) is 0. The van der Waals surface area contributed by atoms with E-state index >= 15 is 0 Å². The van der Waals surface area contributed by atoms with Gasteiger partial charge in [-0.25, -0.2) is 0 Å². The molecule has 0 N–H and O–H groups in total. The molecule has 0 radical (unpaired) electrons. The van der Waals surface area contributed by atoms with Gasteiger partial charge in [-0.05, 0) is 96.3 Å². The lowest BCUT2D eigenvalue weighted by molar-refractivity contribution is 1.20.